The highest BCUT2D eigenvalue weighted by atomic mass is 32.2. The number of likely N-dealkylation sites (tertiary alicyclic amines) is 1. The first-order chi connectivity index (χ1) is 17.9. The number of rotatable bonds is 8. The molecule has 0 unspecified atom stereocenters. The number of likely N-dealkylation sites (N-methyl/N-ethyl adjacent to an activating group) is 1. The number of carbonyl (C=O) groups excluding carboxylic acids is 3. The number of benzene rings is 2. The van der Waals surface area contributed by atoms with Crippen LogP contribution in [-0.2, 0) is 29.9 Å². The molecule has 2 aliphatic heterocycles. The van der Waals surface area contributed by atoms with Gasteiger partial charge in [-0.3, -0.25) is 14.4 Å². The molecule has 0 aliphatic carbocycles. The van der Waals surface area contributed by atoms with E-state index in [9.17, 15) is 27.9 Å². The number of hydrogen-bond acceptors (Lipinski definition) is 7. The molecule has 1 spiro atoms. The second kappa shape index (κ2) is 9.82. The summed E-state index contributed by atoms with van der Waals surface area (Å²) in [5.74, 6) is -3.00. The molecule has 200 valence electrons. The number of aliphatic hydroxyl groups excluding tert-OH is 1. The Kier molecular flexibility index (Phi) is 7.04. The molecule has 1 atom stereocenters. The van der Waals surface area contributed by atoms with Crippen LogP contribution in [0.3, 0.4) is 0 Å². The van der Waals surface area contributed by atoms with E-state index in [1.54, 1.807) is 44.4 Å². The van der Waals surface area contributed by atoms with Gasteiger partial charge in [-0.1, -0.05) is 24.3 Å². The van der Waals surface area contributed by atoms with Gasteiger partial charge in [-0.15, -0.1) is 6.58 Å². The predicted molar refractivity (Wildman–Crippen MR) is 143 cm³/mol. The lowest BCUT2D eigenvalue weighted by Crippen LogP contribution is -2.53. The monoisotopic (exact) mass is 538 g/mol. The van der Waals surface area contributed by atoms with E-state index >= 15 is 0 Å². The van der Waals surface area contributed by atoms with Crippen LogP contribution >= 0.6 is 0 Å². The molecule has 2 amide bonds. The SMILES string of the molecule is C=CCN1C(=O)[C@]2(C(=C(O)c3ccc(S(=O)(=O)N(C)C)cc3)C(=O)C(=O)N2CCN(C)C)c2ccccc21. The Bertz CT molecular complexity index is 1460. The average molecular weight is 539 g/mol. The summed E-state index contributed by atoms with van der Waals surface area (Å²) in [6, 6.07) is 12.1. The summed E-state index contributed by atoms with van der Waals surface area (Å²) in [5, 5.41) is 11.5. The minimum Gasteiger partial charge on any atom is -0.507 e. The third kappa shape index (κ3) is 3.94. The predicted octanol–water partition coefficient (Wildman–Crippen LogP) is 1.61. The molecule has 0 saturated carbocycles. The van der Waals surface area contributed by atoms with Gasteiger partial charge in [0.05, 0.1) is 16.2 Å². The zero-order valence-corrected chi connectivity index (χ0v) is 22.5. The topological polar surface area (TPSA) is 119 Å². The van der Waals surface area contributed by atoms with Gasteiger partial charge < -0.3 is 19.8 Å². The number of Topliss-reactive ketones (excluding diaryl/α,β-unsaturated/α-hetero) is 1. The molecular formula is C27H30N4O6S. The molecule has 2 aromatic rings. The van der Waals surface area contributed by atoms with Crippen molar-refractivity contribution in [3.05, 3.63) is 77.9 Å². The number of carbonyl (C=O) groups is 3. The van der Waals surface area contributed by atoms with Crippen molar-refractivity contribution in [2.45, 2.75) is 10.4 Å². The van der Waals surface area contributed by atoms with Crippen LogP contribution in [0.2, 0.25) is 0 Å². The minimum absolute atomic E-state index is 0.0142. The molecule has 1 fully saturated rings. The Morgan fingerprint density at radius 1 is 1.03 bits per heavy atom. The van der Waals surface area contributed by atoms with Gasteiger partial charge >= 0.3 is 0 Å². The Hall–Kier alpha value is -3.80. The number of fused-ring (bicyclic) bond motifs is 2. The molecule has 2 heterocycles. The van der Waals surface area contributed by atoms with Crippen molar-refractivity contribution in [2.75, 3.05) is 52.7 Å². The van der Waals surface area contributed by atoms with Gasteiger partial charge in [0.2, 0.25) is 10.0 Å². The first kappa shape index (κ1) is 27.2. The van der Waals surface area contributed by atoms with Crippen LogP contribution in [0.15, 0.2) is 71.7 Å². The smallest absolute Gasteiger partial charge is 0.296 e. The third-order valence-corrected chi connectivity index (χ3v) is 8.63. The second-order valence-electron chi connectivity index (χ2n) is 9.56. The van der Waals surface area contributed by atoms with Crippen LogP contribution in [-0.4, -0.2) is 93.1 Å². The van der Waals surface area contributed by atoms with Crippen molar-refractivity contribution >= 4 is 39.1 Å². The maximum atomic E-state index is 14.2. The standard InChI is InChI=1S/C27H30N4O6S/c1-6-15-30-21-10-8-7-9-20(21)27(26(30)35)22(24(33)25(34)31(27)17-16-28(2)3)23(32)18-11-13-19(14-12-18)38(36,37)29(4)5/h6-14,32H,1,15-17H2,2-5H3/t27-/m1/s1. The molecule has 1 saturated heterocycles. The lowest BCUT2D eigenvalue weighted by molar-refractivity contribution is -0.143. The van der Waals surface area contributed by atoms with Crippen molar-refractivity contribution in [2.24, 2.45) is 0 Å². The van der Waals surface area contributed by atoms with E-state index in [-0.39, 0.29) is 29.1 Å². The summed E-state index contributed by atoms with van der Waals surface area (Å²) in [5.41, 5.74) is -1.23. The number of sulfonamides is 1. The number of amides is 2. The largest absolute Gasteiger partial charge is 0.507 e. The van der Waals surface area contributed by atoms with E-state index in [1.165, 1.54) is 48.2 Å². The maximum Gasteiger partial charge on any atom is 0.296 e. The van der Waals surface area contributed by atoms with Crippen LogP contribution in [0.4, 0.5) is 5.69 Å². The molecule has 10 nitrogen and oxygen atoms in total. The Labute approximate surface area is 222 Å². The van der Waals surface area contributed by atoms with Crippen molar-refractivity contribution in [3.63, 3.8) is 0 Å². The molecule has 4 rings (SSSR count). The number of nitrogens with zero attached hydrogens (tertiary/aromatic N) is 4. The van der Waals surface area contributed by atoms with E-state index in [4.69, 9.17) is 0 Å². The Balaban J connectivity index is 1.99. The van der Waals surface area contributed by atoms with Crippen molar-refractivity contribution in [3.8, 4) is 0 Å². The molecule has 1 N–H and O–H groups in total. The number of para-hydroxylation sites is 1. The van der Waals surface area contributed by atoms with E-state index in [0.29, 0.717) is 17.8 Å². The molecular weight excluding hydrogens is 508 g/mol. The van der Waals surface area contributed by atoms with Gasteiger partial charge in [0, 0.05) is 44.9 Å². The number of aliphatic hydroxyl groups is 1. The van der Waals surface area contributed by atoms with Crippen molar-refractivity contribution in [1.82, 2.24) is 14.1 Å². The molecule has 2 aliphatic rings. The first-order valence-corrected chi connectivity index (χ1v) is 13.3. The van der Waals surface area contributed by atoms with Gasteiger partial charge in [0.15, 0.2) is 5.54 Å². The third-order valence-electron chi connectivity index (χ3n) is 6.80. The second-order valence-corrected chi connectivity index (χ2v) is 11.7. The highest BCUT2D eigenvalue weighted by Crippen LogP contribution is 2.53. The highest BCUT2D eigenvalue weighted by Gasteiger charge is 2.66. The Morgan fingerprint density at radius 2 is 1.66 bits per heavy atom. The summed E-state index contributed by atoms with van der Waals surface area (Å²) in [7, 11) is 2.68. The van der Waals surface area contributed by atoms with Crippen LogP contribution < -0.4 is 4.90 Å². The van der Waals surface area contributed by atoms with Crippen LogP contribution in [0.1, 0.15) is 11.1 Å². The van der Waals surface area contributed by atoms with Gasteiger partial charge in [0.25, 0.3) is 17.6 Å². The quantitative estimate of drug-likeness (QED) is 0.235. The summed E-state index contributed by atoms with van der Waals surface area (Å²) in [6.07, 6.45) is 1.55. The first-order valence-electron chi connectivity index (χ1n) is 11.9. The molecule has 11 heteroatoms. The van der Waals surface area contributed by atoms with Crippen LogP contribution in [0, 0.1) is 0 Å². The fourth-order valence-electron chi connectivity index (χ4n) is 4.92. The van der Waals surface area contributed by atoms with E-state index in [0.717, 1.165) is 4.31 Å². The van der Waals surface area contributed by atoms with Gasteiger partial charge in [-0.05, 0) is 44.4 Å². The molecule has 0 radical (unpaired) electrons. The summed E-state index contributed by atoms with van der Waals surface area (Å²) >= 11 is 0. The lowest BCUT2D eigenvalue weighted by Gasteiger charge is -2.35. The maximum absolute atomic E-state index is 14.2. The number of hydrogen-bond donors (Lipinski definition) is 1. The zero-order valence-electron chi connectivity index (χ0n) is 21.7. The summed E-state index contributed by atoms with van der Waals surface area (Å²) in [6.45, 7) is 4.28. The molecule has 38 heavy (non-hydrogen) atoms. The molecule has 2 aromatic carbocycles. The summed E-state index contributed by atoms with van der Waals surface area (Å²) in [4.78, 5) is 45.7. The fraction of sp³-hybridized carbons (Fsp3) is 0.296. The van der Waals surface area contributed by atoms with Crippen molar-refractivity contribution in [1.29, 1.82) is 0 Å². The van der Waals surface area contributed by atoms with E-state index < -0.39 is 38.9 Å². The van der Waals surface area contributed by atoms with Gasteiger partial charge in [-0.25, -0.2) is 12.7 Å². The Morgan fingerprint density at radius 3 is 2.24 bits per heavy atom. The van der Waals surface area contributed by atoms with Crippen molar-refractivity contribution < 1.29 is 27.9 Å². The van der Waals surface area contributed by atoms with Gasteiger partial charge in [-0.2, -0.15) is 0 Å². The normalized spacial score (nSPS) is 20.7. The summed E-state index contributed by atoms with van der Waals surface area (Å²) < 4.78 is 26.1. The number of anilines is 1. The highest BCUT2D eigenvalue weighted by molar-refractivity contribution is 7.89. The number of ketones is 1. The fourth-order valence-corrected chi connectivity index (χ4v) is 5.82. The lowest BCUT2D eigenvalue weighted by atomic mass is 9.82. The minimum atomic E-state index is -3.74. The molecule has 0 aromatic heterocycles. The van der Waals surface area contributed by atoms with Crippen LogP contribution in [0.5, 0.6) is 0 Å². The molecule has 0 bridgehead atoms. The van der Waals surface area contributed by atoms with E-state index in [1.807, 2.05) is 4.90 Å². The van der Waals surface area contributed by atoms with Crippen LogP contribution in [0.25, 0.3) is 5.76 Å². The van der Waals surface area contributed by atoms with Gasteiger partial charge in [0.1, 0.15) is 5.76 Å². The zero-order chi connectivity index (χ0) is 28.0. The van der Waals surface area contributed by atoms with E-state index in [2.05, 4.69) is 6.58 Å². The average Bonchev–Trinajstić information content (AvgIpc) is 3.25.